The number of anilines is 1. The van der Waals surface area contributed by atoms with Crippen LogP contribution in [-0.4, -0.2) is 59.0 Å². The Hall–Kier alpha value is -3.08. The second-order valence-electron chi connectivity index (χ2n) is 7.37. The van der Waals surface area contributed by atoms with Crippen molar-refractivity contribution in [2.75, 3.05) is 31.7 Å². The lowest BCUT2D eigenvalue weighted by Gasteiger charge is -2.57. The molecule has 1 aromatic heterocycles. The highest BCUT2D eigenvalue weighted by atomic mass is 19.4. The summed E-state index contributed by atoms with van der Waals surface area (Å²) in [6.45, 7) is 3.95. The highest BCUT2D eigenvalue weighted by Gasteiger charge is 2.53. The van der Waals surface area contributed by atoms with Gasteiger partial charge in [0.2, 0.25) is 5.95 Å². The number of amides is 1. The van der Waals surface area contributed by atoms with Gasteiger partial charge in [0.05, 0.1) is 30.9 Å². The summed E-state index contributed by atoms with van der Waals surface area (Å²) in [6.07, 6.45) is -1.02. The van der Waals surface area contributed by atoms with Crippen LogP contribution < -0.4 is 14.8 Å². The van der Waals surface area contributed by atoms with Gasteiger partial charge >= 0.3 is 6.36 Å². The van der Waals surface area contributed by atoms with E-state index in [0.717, 1.165) is 6.42 Å². The number of benzene rings is 1. The second-order valence-corrected chi connectivity index (χ2v) is 7.37. The molecule has 0 unspecified atom stereocenters. The molecule has 0 atom stereocenters. The van der Waals surface area contributed by atoms with E-state index in [4.69, 9.17) is 9.47 Å². The average molecular weight is 438 g/mol. The van der Waals surface area contributed by atoms with E-state index in [0.29, 0.717) is 37.5 Å². The van der Waals surface area contributed by atoms with Gasteiger partial charge in [-0.25, -0.2) is 9.97 Å². The van der Waals surface area contributed by atoms with Gasteiger partial charge in [-0.05, 0) is 31.0 Å². The summed E-state index contributed by atoms with van der Waals surface area (Å²) in [5.74, 6) is -0.0201. The van der Waals surface area contributed by atoms with Crippen molar-refractivity contribution in [1.29, 1.82) is 0 Å². The molecule has 0 aliphatic carbocycles. The second kappa shape index (κ2) is 8.22. The van der Waals surface area contributed by atoms with Gasteiger partial charge in [0, 0.05) is 31.5 Å². The van der Waals surface area contributed by atoms with Crippen LogP contribution in [0.25, 0.3) is 0 Å². The van der Waals surface area contributed by atoms with Crippen molar-refractivity contribution in [2.45, 2.75) is 31.8 Å². The first kappa shape index (κ1) is 21.2. The zero-order chi connectivity index (χ0) is 22.1. The molecule has 11 heteroatoms. The van der Waals surface area contributed by atoms with Crippen LogP contribution in [0, 0.1) is 0 Å². The Morgan fingerprint density at radius 3 is 2.48 bits per heavy atom. The first-order valence-corrected chi connectivity index (χ1v) is 9.76. The first-order chi connectivity index (χ1) is 14.8. The Kier molecular flexibility index (Phi) is 5.61. The van der Waals surface area contributed by atoms with Crippen LogP contribution >= 0.6 is 0 Å². The number of hydrogen-bond acceptors (Lipinski definition) is 7. The monoisotopic (exact) mass is 438 g/mol. The van der Waals surface area contributed by atoms with Crippen LogP contribution in [0.3, 0.4) is 0 Å². The third kappa shape index (κ3) is 4.66. The third-order valence-electron chi connectivity index (χ3n) is 5.19. The summed E-state index contributed by atoms with van der Waals surface area (Å²) in [7, 11) is 0. The molecule has 3 heterocycles. The van der Waals surface area contributed by atoms with E-state index < -0.39 is 6.36 Å². The van der Waals surface area contributed by atoms with E-state index in [1.807, 2.05) is 0 Å². The first-order valence-electron chi connectivity index (χ1n) is 9.76. The number of hydrogen-bond donors (Lipinski definition) is 1. The van der Waals surface area contributed by atoms with Gasteiger partial charge < -0.3 is 24.4 Å². The molecular formula is C20H21F3N4O4. The molecule has 2 saturated heterocycles. The van der Waals surface area contributed by atoms with Gasteiger partial charge in [0.1, 0.15) is 11.5 Å². The molecule has 1 amide bonds. The van der Waals surface area contributed by atoms with Gasteiger partial charge in [-0.1, -0.05) is 0 Å². The summed E-state index contributed by atoms with van der Waals surface area (Å²) in [5.41, 5.74) is 0.688. The number of rotatable bonds is 7. The fourth-order valence-corrected chi connectivity index (χ4v) is 3.54. The number of carbonyl (C=O) groups is 1. The summed E-state index contributed by atoms with van der Waals surface area (Å²) in [6, 6.07) is 4.03. The summed E-state index contributed by atoms with van der Waals surface area (Å²) in [4.78, 5) is 22.7. The number of nitrogens with one attached hydrogen (secondary N) is 1. The largest absolute Gasteiger partial charge is 0.573 e. The molecule has 1 N–H and O–H groups in total. The molecule has 4 rings (SSSR count). The van der Waals surface area contributed by atoms with Gasteiger partial charge in [-0.3, -0.25) is 4.79 Å². The van der Waals surface area contributed by atoms with Gasteiger partial charge in [-0.2, -0.15) is 0 Å². The molecule has 2 aliphatic rings. The lowest BCUT2D eigenvalue weighted by atomic mass is 9.82. The maximum Gasteiger partial charge on any atom is 0.573 e. The Labute approximate surface area is 176 Å². The number of carbonyl (C=O) groups excluding carboxylic acids is 1. The SMILES string of the molecule is CCOc1cc(CNc2ncc(C(=O)N3CCC34COC4)cn2)cc(OC(F)(F)F)c1. The van der Waals surface area contributed by atoms with Crippen molar-refractivity contribution >= 4 is 11.9 Å². The summed E-state index contributed by atoms with van der Waals surface area (Å²) < 4.78 is 52.2. The van der Waals surface area contributed by atoms with Crippen LogP contribution in [-0.2, 0) is 11.3 Å². The maximum absolute atomic E-state index is 12.6. The highest BCUT2D eigenvalue weighted by molar-refractivity contribution is 5.95. The minimum Gasteiger partial charge on any atom is -0.494 e. The van der Waals surface area contributed by atoms with Gasteiger partial charge in [-0.15, -0.1) is 13.2 Å². The van der Waals surface area contributed by atoms with E-state index in [-0.39, 0.29) is 35.4 Å². The predicted octanol–water partition coefficient (Wildman–Crippen LogP) is 3.00. The van der Waals surface area contributed by atoms with E-state index >= 15 is 0 Å². The Morgan fingerprint density at radius 1 is 1.23 bits per heavy atom. The minimum atomic E-state index is -4.80. The van der Waals surface area contributed by atoms with Gasteiger partial charge in [0.15, 0.2) is 0 Å². The zero-order valence-corrected chi connectivity index (χ0v) is 16.7. The smallest absolute Gasteiger partial charge is 0.494 e. The quantitative estimate of drug-likeness (QED) is 0.711. The van der Waals surface area contributed by atoms with Gasteiger partial charge in [0.25, 0.3) is 5.91 Å². The predicted molar refractivity (Wildman–Crippen MR) is 103 cm³/mol. The molecule has 31 heavy (non-hydrogen) atoms. The standard InChI is InChI=1S/C20H21F3N4O4/c1-2-30-15-5-13(6-16(7-15)31-20(21,22)23)8-24-18-25-9-14(10-26-18)17(28)27-4-3-19(27)11-29-12-19/h5-7,9-10H,2-4,8,11-12H2,1H3,(H,24,25,26). The van der Waals surface area contributed by atoms with E-state index in [2.05, 4.69) is 20.0 Å². The molecule has 166 valence electrons. The lowest BCUT2D eigenvalue weighted by molar-refractivity contribution is -0.274. The van der Waals surface area contributed by atoms with Crippen LogP contribution in [0.15, 0.2) is 30.6 Å². The average Bonchev–Trinajstić information content (AvgIpc) is 2.63. The third-order valence-corrected chi connectivity index (χ3v) is 5.19. The van der Waals surface area contributed by atoms with Crippen LogP contribution in [0.5, 0.6) is 11.5 Å². The molecule has 8 nitrogen and oxygen atoms in total. The fourth-order valence-electron chi connectivity index (χ4n) is 3.54. The number of alkyl halides is 3. The number of nitrogens with zero attached hydrogens (tertiary/aromatic N) is 3. The Bertz CT molecular complexity index is 943. The molecular weight excluding hydrogens is 417 g/mol. The fraction of sp³-hybridized carbons (Fsp3) is 0.450. The van der Waals surface area contributed by atoms with Crippen molar-refractivity contribution in [3.63, 3.8) is 0 Å². The number of likely N-dealkylation sites (tertiary alicyclic amines) is 1. The molecule has 1 aromatic carbocycles. The topological polar surface area (TPSA) is 85.8 Å². The van der Waals surface area contributed by atoms with E-state index in [1.54, 1.807) is 17.9 Å². The molecule has 2 fully saturated rings. The molecule has 0 bridgehead atoms. The summed E-state index contributed by atoms with van der Waals surface area (Å²) in [5, 5.41) is 2.92. The van der Waals surface area contributed by atoms with E-state index in [1.165, 1.54) is 24.5 Å². The number of ether oxygens (including phenoxy) is 3. The number of aromatic nitrogens is 2. The van der Waals surface area contributed by atoms with Crippen molar-refractivity contribution < 1.29 is 32.2 Å². The zero-order valence-electron chi connectivity index (χ0n) is 16.7. The normalized spacial score (nSPS) is 17.0. The lowest BCUT2D eigenvalue weighted by Crippen LogP contribution is -2.72. The van der Waals surface area contributed by atoms with Crippen LogP contribution in [0.2, 0.25) is 0 Å². The number of halogens is 3. The molecule has 0 saturated carbocycles. The molecule has 2 aromatic rings. The van der Waals surface area contributed by atoms with Crippen LogP contribution in [0.1, 0.15) is 29.3 Å². The minimum absolute atomic E-state index is 0.134. The van der Waals surface area contributed by atoms with Crippen molar-refractivity contribution in [3.05, 3.63) is 41.7 Å². The Balaban J connectivity index is 1.40. The Morgan fingerprint density at radius 2 is 1.94 bits per heavy atom. The molecule has 2 aliphatic heterocycles. The maximum atomic E-state index is 12.6. The molecule has 1 spiro atoms. The van der Waals surface area contributed by atoms with Crippen molar-refractivity contribution in [1.82, 2.24) is 14.9 Å². The van der Waals surface area contributed by atoms with Crippen LogP contribution in [0.4, 0.5) is 19.1 Å². The van der Waals surface area contributed by atoms with Crippen molar-refractivity contribution in [2.24, 2.45) is 0 Å². The highest BCUT2D eigenvalue weighted by Crippen LogP contribution is 2.38. The summed E-state index contributed by atoms with van der Waals surface area (Å²) >= 11 is 0. The van der Waals surface area contributed by atoms with Crippen molar-refractivity contribution in [3.8, 4) is 11.5 Å². The molecule has 0 radical (unpaired) electrons. The van der Waals surface area contributed by atoms with E-state index in [9.17, 15) is 18.0 Å².